The van der Waals surface area contributed by atoms with Crippen molar-refractivity contribution in [2.24, 2.45) is 0 Å². The number of alkyl halides is 3. The fourth-order valence-electron chi connectivity index (χ4n) is 0.646. The first-order chi connectivity index (χ1) is 5.07. The maximum atomic E-state index is 11.7. The van der Waals surface area contributed by atoms with Gasteiger partial charge in [-0.3, -0.25) is 4.79 Å². The molecule has 0 saturated carbocycles. The summed E-state index contributed by atoms with van der Waals surface area (Å²) in [5.74, 6) is -0.183. The summed E-state index contributed by atoms with van der Waals surface area (Å²) >= 11 is 5.29. The monoisotopic (exact) mass is 185 g/mol. The highest BCUT2D eigenvalue weighted by molar-refractivity contribution is 6.18. The van der Waals surface area contributed by atoms with Crippen LogP contribution in [0.3, 0.4) is 0 Å². The van der Waals surface area contributed by atoms with Crippen molar-refractivity contribution in [3.05, 3.63) is 0 Å². The molecule has 0 aromatic heterocycles. The second-order valence-corrected chi connectivity index (χ2v) is 2.42. The fourth-order valence-corrected chi connectivity index (χ4v) is 0.850. The maximum Gasteiger partial charge on any atom is 0.255 e. The van der Waals surface area contributed by atoms with Crippen LogP contribution in [0.25, 0.3) is 0 Å². The Morgan fingerprint density at radius 2 is 2.18 bits per heavy atom. The molecule has 0 N–H and O–H groups in total. The Labute approximate surface area is 69.1 Å². The van der Waals surface area contributed by atoms with E-state index in [1.54, 1.807) is 0 Å². The molecule has 0 spiro atoms. The zero-order valence-electron chi connectivity index (χ0n) is 6.19. The number of hydrogen-bond acceptors (Lipinski definition) is 1. The van der Waals surface area contributed by atoms with Crippen molar-refractivity contribution in [3.8, 4) is 0 Å². The zero-order valence-corrected chi connectivity index (χ0v) is 6.94. The summed E-state index contributed by atoms with van der Waals surface area (Å²) in [4.78, 5) is 11.6. The average molecular weight is 186 g/mol. The van der Waals surface area contributed by atoms with E-state index in [1.807, 2.05) is 0 Å². The predicted molar refractivity (Wildman–Crippen MR) is 39.0 cm³/mol. The minimum absolute atomic E-state index is 0.182. The first-order valence-corrected chi connectivity index (χ1v) is 3.71. The smallest absolute Gasteiger partial charge is 0.255 e. The Morgan fingerprint density at radius 1 is 1.64 bits per heavy atom. The van der Waals surface area contributed by atoms with Crippen molar-refractivity contribution < 1.29 is 13.6 Å². The van der Waals surface area contributed by atoms with E-state index in [9.17, 15) is 13.6 Å². The lowest BCUT2D eigenvalue weighted by Gasteiger charge is -2.18. The standard InChI is InChI=1S/C6H10ClF2NO/c1-5(11)10(3-2-7)4-6(8)9/h6H,2-4H2,1H3. The molecule has 0 radical (unpaired) electrons. The van der Waals surface area contributed by atoms with Gasteiger partial charge in [0.05, 0.1) is 6.54 Å². The largest absolute Gasteiger partial charge is 0.336 e. The van der Waals surface area contributed by atoms with Crippen LogP contribution in [0.1, 0.15) is 6.92 Å². The van der Waals surface area contributed by atoms with Gasteiger partial charge < -0.3 is 4.90 Å². The van der Waals surface area contributed by atoms with Crippen LogP contribution in [0.4, 0.5) is 8.78 Å². The molecule has 5 heteroatoms. The third kappa shape index (κ3) is 4.95. The molecule has 0 unspecified atom stereocenters. The Morgan fingerprint density at radius 3 is 2.45 bits per heavy atom. The van der Waals surface area contributed by atoms with Gasteiger partial charge in [-0.15, -0.1) is 11.6 Å². The van der Waals surface area contributed by atoms with Crippen LogP contribution in [-0.2, 0) is 4.79 Å². The molecule has 2 nitrogen and oxygen atoms in total. The SMILES string of the molecule is CC(=O)N(CCCl)CC(F)F. The van der Waals surface area contributed by atoms with Crippen LogP contribution < -0.4 is 0 Å². The molecule has 0 aliphatic heterocycles. The molecular formula is C6H10ClF2NO. The van der Waals surface area contributed by atoms with Gasteiger partial charge in [0.15, 0.2) is 0 Å². The normalized spacial score (nSPS) is 10.3. The molecule has 0 heterocycles. The summed E-state index contributed by atoms with van der Waals surface area (Å²) in [6, 6.07) is 0. The van der Waals surface area contributed by atoms with Crippen molar-refractivity contribution in [2.75, 3.05) is 19.0 Å². The number of nitrogens with zero attached hydrogens (tertiary/aromatic N) is 1. The van der Waals surface area contributed by atoms with Gasteiger partial charge in [-0.25, -0.2) is 8.78 Å². The van der Waals surface area contributed by atoms with E-state index >= 15 is 0 Å². The van der Waals surface area contributed by atoms with Gasteiger partial charge in [0.25, 0.3) is 6.43 Å². The Hall–Kier alpha value is -0.380. The Balaban J connectivity index is 3.79. The van der Waals surface area contributed by atoms with E-state index in [-0.39, 0.29) is 18.3 Å². The Bertz CT molecular complexity index is 132. The van der Waals surface area contributed by atoms with Gasteiger partial charge in [0, 0.05) is 19.3 Å². The van der Waals surface area contributed by atoms with Crippen LogP contribution in [0.2, 0.25) is 0 Å². The van der Waals surface area contributed by atoms with E-state index in [0.717, 1.165) is 4.90 Å². The molecule has 0 saturated heterocycles. The second-order valence-electron chi connectivity index (χ2n) is 2.05. The van der Waals surface area contributed by atoms with Gasteiger partial charge in [0.2, 0.25) is 5.91 Å². The van der Waals surface area contributed by atoms with Crippen LogP contribution in [0.5, 0.6) is 0 Å². The molecule has 0 rings (SSSR count). The van der Waals surface area contributed by atoms with E-state index in [1.165, 1.54) is 6.92 Å². The van der Waals surface area contributed by atoms with E-state index in [4.69, 9.17) is 11.6 Å². The summed E-state index contributed by atoms with van der Waals surface area (Å²) in [5.41, 5.74) is 0. The van der Waals surface area contributed by atoms with Gasteiger partial charge in [-0.2, -0.15) is 0 Å². The summed E-state index contributed by atoms with van der Waals surface area (Å²) in [6.07, 6.45) is -2.48. The highest BCUT2D eigenvalue weighted by Gasteiger charge is 2.13. The van der Waals surface area contributed by atoms with Crippen molar-refractivity contribution in [1.29, 1.82) is 0 Å². The minimum Gasteiger partial charge on any atom is -0.336 e. The lowest BCUT2D eigenvalue weighted by molar-refractivity contribution is -0.130. The molecule has 0 aromatic rings. The summed E-state index contributed by atoms with van der Waals surface area (Å²) in [5, 5.41) is 0. The molecular weight excluding hydrogens is 176 g/mol. The van der Waals surface area contributed by atoms with E-state index < -0.39 is 13.0 Å². The van der Waals surface area contributed by atoms with Crippen LogP contribution in [0, 0.1) is 0 Å². The minimum atomic E-state index is -2.48. The number of amides is 1. The van der Waals surface area contributed by atoms with E-state index in [2.05, 4.69) is 0 Å². The third-order valence-corrected chi connectivity index (χ3v) is 1.33. The lowest BCUT2D eigenvalue weighted by atomic mass is 10.5. The molecule has 0 fully saturated rings. The molecule has 0 atom stereocenters. The highest BCUT2D eigenvalue weighted by Crippen LogP contribution is 1.98. The van der Waals surface area contributed by atoms with Crippen molar-refractivity contribution >= 4 is 17.5 Å². The lowest BCUT2D eigenvalue weighted by Crippen LogP contribution is -2.34. The molecule has 11 heavy (non-hydrogen) atoms. The average Bonchev–Trinajstić information content (AvgIpc) is 1.86. The summed E-state index contributed by atoms with van der Waals surface area (Å²) in [7, 11) is 0. The first-order valence-electron chi connectivity index (χ1n) is 3.17. The number of carbonyl (C=O) groups is 1. The van der Waals surface area contributed by atoms with E-state index in [0.29, 0.717) is 0 Å². The van der Waals surface area contributed by atoms with Crippen molar-refractivity contribution in [2.45, 2.75) is 13.3 Å². The highest BCUT2D eigenvalue weighted by atomic mass is 35.5. The predicted octanol–water partition coefficient (Wildman–Crippen LogP) is 1.34. The van der Waals surface area contributed by atoms with Gasteiger partial charge in [-0.05, 0) is 0 Å². The quantitative estimate of drug-likeness (QED) is 0.606. The van der Waals surface area contributed by atoms with Crippen LogP contribution in [-0.4, -0.2) is 36.2 Å². The first kappa shape index (κ1) is 10.6. The fraction of sp³-hybridized carbons (Fsp3) is 0.833. The third-order valence-electron chi connectivity index (χ3n) is 1.16. The van der Waals surface area contributed by atoms with Gasteiger partial charge >= 0.3 is 0 Å². The number of halogens is 3. The number of hydrogen-bond donors (Lipinski definition) is 0. The molecule has 0 aliphatic carbocycles. The summed E-state index contributed by atoms with van der Waals surface area (Å²) in [6.45, 7) is 0.901. The number of carbonyl (C=O) groups excluding carboxylic acids is 1. The van der Waals surface area contributed by atoms with Crippen LogP contribution in [0.15, 0.2) is 0 Å². The van der Waals surface area contributed by atoms with Gasteiger partial charge in [0.1, 0.15) is 0 Å². The number of rotatable bonds is 4. The van der Waals surface area contributed by atoms with Crippen molar-refractivity contribution in [1.82, 2.24) is 4.90 Å². The van der Waals surface area contributed by atoms with Crippen molar-refractivity contribution in [3.63, 3.8) is 0 Å². The Kier molecular flexibility index (Phi) is 5.11. The second kappa shape index (κ2) is 5.29. The molecule has 1 amide bonds. The topological polar surface area (TPSA) is 20.3 Å². The van der Waals surface area contributed by atoms with Gasteiger partial charge in [-0.1, -0.05) is 0 Å². The molecule has 0 bridgehead atoms. The maximum absolute atomic E-state index is 11.7. The molecule has 66 valence electrons. The molecule has 0 aliphatic rings. The summed E-state index contributed by atoms with van der Waals surface area (Å²) < 4.78 is 23.5. The zero-order chi connectivity index (χ0) is 8.85. The van der Waals surface area contributed by atoms with Crippen LogP contribution >= 0.6 is 11.6 Å². The molecule has 0 aromatic carbocycles.